The number of carboxylic acids is 1. The highest BCUT2D eigenvalue weighted by Gasteiger charge is 2.40. The number of carbonyl (C=O) groups is 1. The van der Waals surface area contributed by atoms with E-state index < -0.39 is 22.0 Å². The molecule has 0 bridgehead atoms. The first kappa shape index (κ1) is 15.1. The molecular formula is C15H15NO4S2. The van der Waals surface area contributed by atoms with E-state index in [0.29, 0.717) is 17.7 Å². The molecular weight excluding hydrogens is 322 g/mol. The zero-order chi connectivity index (χ0) is 15.9. The number of thiophene rings is 1. The molecule has 3 rings (SSSR count). The topological polar surface area (TPSA) is 74.7 Å². The van der Waals surface area contributed by atoms with E-state index in [1.165, 1.54) is 4.31 Å². The average Bonchev–Trinajstić information content (AvgIpc) is 3.01. The van der Waals surface area contributed by atoms with Gasteiger partial charge < -0.3 is 5.11 Å². The smallest absolute Gasteiger partial charge is 0.305 e. The zero-order valence-corrected chi connectivity index (χ0v) is 13.5. The fourth-order valence-corrected chi connectivity index (χ4v) is 6.00. The van der Waals surface area contributed by atoms with Crippen LogP contribution in [0.5, 0.6) is 0 Å². The predicted octanol–water partition coefficient (Wildman–Crippen LogP) is 2.65. The minimum atomic E-state index is -3.75. The summed E-state index contributed by atoms with van der Waals surface area (Å²) in [6.07, 6.45) is 0.213. The average molecular weight is 337 g/mol. The Bertz CT molecular complexity index is 826. The van der Waals surface area contributed by atoms with Gasteiger partial charge in [-0.2, -0.15) is 0 Å². The summed E-state index contributed by atoms with van der Waals surface area (Å²) in [5.74, 6) is -0.999. The maximum absolute atomic E-state index is 13.0. The van der Waals surface area contributed by atoms with Gasteiger partial charge in [0.1, 0.15) is 4.21 Å². The molecule has 1 aromatic carbocycles. The molecule has 0 amide bonds. The van der Waals surface area contributed by atoms with Crippen molar-refractivity contribution < 1.29 is 18.3 Å². The van der Waals surface area contributed by atoms with Crippen molar-refractivity contribution in [2.24, 2.45) is 0 Å². The van der Waals surface area contributed by atoms with Crippen LogP contribution >= 0.6 is 11.3 Å². The number of hydrogen-bond donors (Lipinski definition) is 1. The van der Waals surface area contributed by atoms with Crippen LogP contribution in [0.25, 0.3) is 0 Å². The fourth-order valence-electron chi connectivity index (χ4n) is 2.83. The normalized spacial score (nSPS) is 17.5. The number of anilines is 1. The molecule has 1 aliphatic rings. The second-order valence-electron chi connectivity index (χ2n) is 5.28. The number of nitrogens with zero attached hydrogens (tertiary/aromatic N) is 1. The monoisotopic (exact) mass is 337 g/mol. The summed E-state index contributed by atoms with van der Waals surface area (Å²) < 4.78 is 27.6. The third-order valence-electron chi connectivity index (χ3n) is 3.73. The maximum Gasteiger partial charge on any atom is 0.305 e. The van der Waals surface area contributed by atoms with Crippen molar-refractivity contribution in [2.75, 3.05) is 4.31 Å². The van der Waals surface area contributed by atoms with Crippen molar-refractivity contribution in [2.45, 2.75) is 30.0 Å². The number of benzene rings is 1. The number of carboxylic acid groups (broad SMARTS) is 1. The van der Waals surface area contributed by atoms with E-state index in [1.807, 2.05) is 12.1 Å². The second kappa shape index (κ2) is 5.40. The number of rotatable bonds is 4. The predicted molar refractivity (Wildman–Crippen MR) is 84.9 cm³/mol. The Morgan fingerprint density at radius 1 is 1.36 bits per heavy atom. The molecule has 7 heteroatoms. The lowest BCUT2D eigenvalue weighted by Crippen LogP contribution is -2.39. The van der Waals surface area contributed by atoms with Crippen LogP contribution in [0.1, 0.15) is 17.5 Å². The van der Waals surface area contributed by atoms with Crippen LogP contribution in [-0.2, 0) is 21.2 Å². The van der Waals surface area contributed by atoms with Crippen molar-refractivity contribution in [3.8, 4) is 0 Å². The molecule has 1 N–H and O–H groups in total. The van der Waals surface area contributed by atoms with E-state index >= 15 is 0 Å². The molecule has 1 aliphatic heterocycles. The lowest BCUT2D eigenvalue weighted by molar-refractivity contribution is -0.137. The van der Waals surface area contributed by atoms with E-state index in [1.54, 1.807) is 30.5 Å². The van der Waals surface area contributed by atoms with Crippen molar-refractivity contribution >= 4 is 33.0 Å². The third-order valence-corrected chi connectivity index (χ3v) is 7.27. The summed E-state index contributed by atoms with van der Waals surface area (Å²) in [4.78, 5) is 11.1. The quantitative estimate of drug-likeness (QED) is 0.931. The molecule has 2 heterocycles. The van der Waals surface area contributed by atoms with E-state index in [4.69, 9.17) is 5.11 Å². The fraction of sp³-hybridized carbons (Fsp3) is 0.267. The number of para-hydroxylation sites is 1. The standard InChI is InChI=1S/C15H15NO4S2/c1-10-6-7-21-15(10)22(19,20)16-12(9-14(17)18)8-11-4-2-3-5-13(11)16/h2-7,12H,8-9H2,1H3,(H,17,18)/t12-/m0/s1. The molecule has 0 saturated heterocycles. The lowest BCUT2D eigenvalue weighted by atomic mass is 10.1. The van der Waals surface area contributed by atoms with E-state index in [-0.39, 0.29) is 10.6 Å². The summed E-state index contributed by atoms with van der Waals surface area (Å²) >= 11 is 1.16. The summed E-state index contributed by atoms with van der Waals surface area (Å²) in [6, 6.07) is 8.36. The van der Waals surface area contributed by atoms with Gasteiger partial charge in [-0.15, -0.1) is 11.3 Å². The summed E-state index contributed by atoms with van der Waals surface area (Å²) in [5.41, 5.74) is 2.14. The number of hydrogen-bond acceptors (Lipinski definition) is 4. The molecule has 1 aromatic heterocycles. The molecule has 5 nitrogen and oxygen atoms in total. The Labute approximate surface area is 132 Å². The van der Waals surface area contributed by atoms with Gasteiger partial charge in [-0.05, 0) is 42.0 Å². The molecule has 0 unspecified atom stereocenters. The van der Waals surface area contributed by atoms with Crippen molar-refractivity contribution in [3.05, 3.63) is 46.8 Å². The van der Waals surface area contributed by atoms with Gasteiger partial charge in [-0.1, -0.05) is 18.2 Å². The number of fused-ring (bicyclic) bond motifs is 1. The molecule has 0 spiro atoms. The number of aryl methyl sites for hydroxylation is 1. The largest absolute Gasteiger partial charge is 0.481 e. The molecule has 0 radical (unpaired) electrons. The van der Waals surface area contributed by atoms with E-state index in [0.717, 1.165) is 16.9 Å². The van der Waals surface area contributed by atoms with Crippen LogP contribution in [0.4, 0.5) is 5.69 Å². The molecule has 0 aliphatic carbocycles. The first-order valence-electron chi connectivity index (χ1n) is 6.79. The Kier molecular flexibility index (Phi) is 3.70. The van der Waals surface area contributed by atoms with Crippen LogP contribution < -0.4 is 4.31 Å². The Hall–Kier alpha value is -1.86. The highest BCUT2D eigenvalue weighted by Crippen LogP contribution is 2.39. The first-order chi connectivity index (χ1) is 10.4. The highest BCUT2D eigenvalue weighted by molar-refractivity contribution is 7.94. The third kappa shape index (κ3) is 2.40. The molecule has 116 valence electrons. The minimum Gasteiger partial charge on any atom is -0.481 e. The summed E-state index contributed by atoms with van der Waals surface area (Å²) in [5, 5.41) is 10.8. The molecule has 22 heavy (non-hydrogen) atoms. The van der Waals surface area contributed by atoms with Gasteiger partial charge in [-0.3, -0.25) is 9.10 Å². The van der Waals surface area contributed by atoms with E-state index in [2.05, 4.69) is 0 Å². The molecule has 0 saturated carbocycles. The van der Waals surface area contributed by atoms with Crippen LogP contribution in [0.3, 0.4) is 0 Å². The maximum atomic E-state index is 13.0. The van der Waals surface area contributed by atoms with Crippen molar-refractivity contribution in [3.63, 3.8) is 0 Å². The number of sulfonamides is 1. The molecule has 2 aromatic rings. The summed E-state index contributed by atoms with van der Waals surface area (Å²) in [6.45, 7) is 1.75. The molecule has 0 fully saturated rings. The number of aliphatic carboxylic acids is 1. The van der Waals surface area contributed by atoms with Crippen LogP contribution in [0.2, 0.25) is 0 Å². The van der Waals surface area contributed by atoms with Gasteiger partial charge in [0.25, 0.3) is 10.0 Å². The SMILES string of the molecule is Cc1ccsc1S(=O)(=O)N1c2ccccc2C[C@H]1CC(=O)O. The lowest BCUT2D eigenvalue weighted by Gasteiger charge is -2.25. The van der Waals surface area contributed by atoms with E-state index in [9.17, 15) is 13.2 Å². The van der Waals surface area contributed by atoms with Gasteiger partial charge in [0, 0.05) is 0 Å². The van der Waals surface area contributed by atoms with Gasteiger partial charge >= 0.3 is 5.97 Å². The van der Waals surface area contributed by atoms with Crippen LogP contribution in [0, 0.1) is 6.92 Å². The Morgan fingerprint density at radius 3 is 2.73 bits per heavy atom. The minimum absolute atomic E-state index is 0.210. The van der Waals surface area contributed by atoms with Gasteiger partial charge in [0.15, 0.2) is 0 Å². The molecule has 1 atom stereocenters. The Balaban J connectivity index is 2.12. The summed E-state index contributed by atoms with van der Waals surface area (Å²) in [7, 11) is -3.75. The van der Waals surface area contributed by atoms with Crippen LogP contribution in [-0.4, -0.2) is 25.5 Å². The Morgan fingerprint density at radius 2 is 2.09 bits per heavy atom. The highest BCUT2D eigenvalue weighted by atomic mass is 32.2. The van der Waals surface area contributed by atoms with Crippen molar-refractivity contribution in [1.29, 1.82) is 0 Å². The van der Waals surface area contributed by atoms with Gasteiger partial charge in [0.05, 0.1) is 18.2 Å². The van der Waals surface area contributed by atoms with Gasteiger partial charge in [-0.25, -0.2) is 8.42 Å². The van der Waals surface area contributed by atoms with Crippen LogP contribution in [0.15, 0.2) is 39.9 Å². The van der Waals surface area contributed by atoms with Gasteiger partial charge in [0.2, 0.25) is 0 Å². The van der Waals surface area contributed by atoms with Crippen molar-refractivity contribution in [1.82, 2.24) is 0 Å². The zero-order valence-electron chi connectivity index (χ0n) is 11.9. The first-order valence-corrected chi connectivity index (χ1v) is 9.11. The second-order valence-corrected chi connectivity index (χ2v) is 8.20.